The Morgan fingerprint density at radius 2 is 2.04 bits per heavy atom. The van der Waals surface area contributed by atoms with Crippen LogP contribution < -0.4 is 0 Å². The normalized spacial score (nSPS) is 17.2. The number of rotatable bonds is 3. The smallest absolute Gasteiger partial charge is 0.260 e. The van der Waals surface area contributed by atoms with E-state index in [0.29, 0.717) is 18.1 Å². The van der Waals surface area contributed by atoms with Gasteiger partial charge in [-0.3, -0.25) is 4.40 Å². The summed E-state index contributed by atoms with van der Waals surface area (Å²) in [4.78, 5) is 9.03. The van der Waals surface area contributed by atoms with E-state index in [-0.39, 0.29) is 10.9 Å². The molecule has 0 N–H and O–H groups in total. The van der Waals surface area contributed by atoms with E-state index in [1.54, 1.807) is 14.9 Å². The zero-order chi connectivity index (χ0) is 18.6. The zero-order valence-electron chi connectivity index (χ0n) is 14.6. The molecule has 140 valence electrons. The quantitative estimate of drug-likeness (QED) is 0.516. The van der Waals surface area contributed by atoms with Crippen molar-refractivity contribution in [3.8, 4) is 0 Å². The van der Waals surface area contributed by atoms with Gasteiger partial charge >= 0.3 is 0 Å². The van der Waals surface area contributed by atoms with Crippen LogP contribution in [0, 0.1) is 6.92 Å². The van der Waals surface area contributed by atoms with Gasteiger partial charge in [0.25, 0.3) is 10.0 Å². The third kappa shape index (κ3) is 2.65. The molecule has 0 aromatic carbocycles. The van der Waals surface area contributed by atoms with E-state index < -0.39 is 10.0 Å². The van der Waals surface area contributed by atoms with Gasteiger partial charge in [-0.1, -0.05) is 0 Å². The van der Waals surface area contributed by atoms with Crippen molar-refractivity contribution >= 4 is 32.0 Å². The lowest BCUT2D eigenvalue weighted by Crippen LogP contribution is -2.38. The van der Waals surface area contributed by atoms with Gasteiger partial charge in [-0.25, -0.2) is 18.4 Å². The summed E-state index contributed by atoms with van der Waals surface area (Å²) in [5.41, 5.74) is 2.75. The first-order chi connectivity index (χ1) is 13.0. The number of imidazole rings is 1. The number of thiazole rings is 1. The number of sulfonamides is 1. The molecule has 0 spiro atoms. The van der Waals surface area contributed by atoms with E-state index in [9.17, 15) is 8.42 Å². The van der Waals surface area contributed by atoms with Crippen LogP contribution in [-0.4, -0.2) is 55.0 Å². The summed E-state index contributed by atoms with van der Waals surface area (Å²) in [7, 11) is -3.56. The van der Waals surface area contributed by atoms with Crippen molar-refractivity contribution in [1.82, 2.24) is 33.5 Å². The molecule has 4 aromatic heterocycles. The van der Waals surface area contributed by atoms with Gasteiger partial charge in [0.2, 0.25) is 0 Å². The number of nitrogens with zero attached hydrogens (tertiary/aromatic N) is 7. The average Bonchev–Trinajstić information content (AvgIpc) is 3.37. The number of piperidine rings is 1. The van der Waals surface area contributed by atoms with Crippen LogP contribution in [0.25, 0.3) is 10.6 Å². The summed E-state index contributed by atoms with van der Waals surface area (Å²) in [5.74, 6) is 0.205. The maximum absolute atomic E-state index is 13.0. The lowest BCUT2D eigenvalue weighted by molar-refractivity contribution is 0.313. The van der Waals surface area contributed by atoms with Crippen molar-refractivity contribution in [2.45, 2.75) is 30.7 Å². The number of hydrogen-bond donors (Lipinski definition) is 0. The highest BCUT2D eigenvalue weighted by Crippen LogP contribution is 2.31. The SMILES string of the molecule is Cc1cc2ncnn2nc1C1CCN(S(=O)(=O)c2cnc3sccn23)CC1. The summed E-state index contributed by atoms with van der Waals surface area (Å²) in [6, 6.07) is 1.97. The molecular weight excluding hydrogens is 386 g/mol. The molecule has 11 heteroatoms. The minimum atomic E-state index is -3.56. The van der Waals surface area contributed by atoms with Crippen molar-refractivity contribution in [3.63, 3.8) is 0 Å². The molecule has 0 bridgehead atoms. The average molecular weight is 403 g/mol. The molecule has 27 heavy (non-hydrogen) atoms. The highest BCUT2D eigenvalue weighted by Gasteiger charge is 2.33. The first-order valence-electron chi connectivity index (χ1n) is 8.62. The second kappa shape index (κ2) is 6.08. The van der Waals surface area contributed by atoms with Gasteiger partial charge in [0, 0.05) is 30.6 Å². The molecule has 0 unspecified atom stereocenters. The molecule has 0 atom stereocenters. The molecule has 5 heterocycles. The Balaban J connectivity index is 1.39. The Kier molecular flexibility index (Phi) is 3.78. The van der Waals surface area contributed by atoms with Crippen molar-refractivity contribution in [2.24, 2.45) is 0 Å². The van der Waals surface area contributed by atoms with Crippen molar-refractivity contribution < 1.29 is 8.42 Å². The highest BCUT2D eigenvalue weighted by molar-refractivity contribution is 7.89. The molecule has 1 saturated heterocycles. The Bertz CT molecular complexity index is 1230. The largest absolute Gasteiger partial charge is 0.280 e. The van der Waals surface area contributed by atoms with E-state index in [4.69, 9.17) is 0 Å². The molecule has 1 aliphatic heterocycles. The highest BCUT2D eigenvalue weighted by atomic mass is 32.2. The van der Waals surface area contributed by atoms with Crippen molar-refractivity contribution in [3.05, 3.63) is 41.4 Å². The molecule has 9 nitrogen and oxygen atoms in total. The summed E-state index contributed by atoms with van der Waals surface area (Å²) in [6.07, 6.45) is 6.11. The predicted molar refractivity (Wildman–Crippen MR) is 99.3 cm³/mol. The van der Waals surface area contributed by atoms with Crippen molar-refractivity contribution in [1.29, 1.82) is 0 Å². The minimum Gasteiger partial charge on any atom is -0.280 e. The molecule has 0 saturated carbocycles. The van der Waals surface area contributed by atoms with Crippen LogP contribution in [0.15, 0.2) is 35.2 Å². The summed E-state index contributed by atoms with van der Waals surface area (Å²) in [6.45, 7) is 2.93. The standard InChI is InChI=1S/C16H17N7O2S2/c1-11-8-13-18-10-19-23(13)20-15(11)12-2-4-21(5-3-12)27(24,25)14-9-17-16-22(14)6-7-26-16/h6-10,12H,2-5H2,1H3. The van der Waals surface area contributed by atoms with E-state index in [1.807, 2.05) is 18.4 Å². The van der Waals surface area contributed by atoms with Gasteiger partial charge in [0.15, 0.2) is 15.6 Å². The van der Waals surface area contributed by atoms with Crippen molar-refractivity contribution in [2.75, 3.05) is 13.1 Å². The van der Waals surface area contributed by atoms with E-state index >= 15 is 0 Å². The lowest BCUT2D eigenvalue weighted by atomic mass is 9.92. The Morgan fingerprint density at radius 3 is 2.85 bits per heavy atom. The molecule has 1 aliphatic rings. The molecule has 4 aromatic rings. The minimum absolute atomic E-state index is 0.205. The topological polar surface area (TPSA) is 97.8 Å². The molecule has 0 aliphatic carbocycles. The van der Waals surface area contributed by atoms with Crippen LogP contribution in [-0.2, 0) is 10.0 Å². The Hall–Kier alpha value is -2.37. The second-order valence-corrected chi connectivity index (χ2v) is 9.41. The van der Waals surface area contributed by atoms with Gasteiger partial charge in [0.05, 0.1) is 11.9 Å². The third-order valence-electron chi connectivity index (χ3n) is 5.07. The summed E-state index contributed by atoms with van der Waals surface area (Å²) in [5, 5.41) is 10.8. The van der Waals surface area contributed by atoms with E-state index in [1.165, 1.54) is 28.5 Å². The van der Waals surface area contributed by atoms with Gasteiger partial charge < -0.3 is 0 Å². The fourth-order valence-corrected chi connectivity index (χ4v) is 5.95. The first kappa shape index (κ1) is 16.8. The lowest BCUT2D eigenvalue weighted by Gasteiger charge is -2.31. The maximum Gasteiger partial charge on any atom is 0.260 e. The fraction of sp³-hybridized carbons (Fsp3) is 0.375. The van der Waals surface area contributed by atoms with Gasteiger partial charge in [0.1, 0.15) is 6.33 Å². The van der Waals surface area contributed by atoms with Crippen LogP contribution in [0.1, 0.15) is 30.0 Å². The molecule has 0 radical (unpaired) electrons. The summed E-state index contributed by atoms with van der Waals surface area (Å²) >= 11 is 1.42. The van der Waals surface area contributed by atoms with Gasteiger partial charge in [-0.2, -0.15) is 9.40 Å². The van der Waals surface area contributed by atoms with E-state index in [2.05, 4.69) is 20.2 Å². The van der Waals surface area contributed by atoms with Gasteiger partial charge in [-0.15, -0.1) is 21.1 Å². The van der Waals surface area contributed by atoms with Crippen LogP contribution in [0.2, 0.25) is 0 Å². The third-order valence-corrected chi connectivity index (χ3v) is 7.71. The van der Waals surface area contributed by atoms with Crippen LogP contribution in [0.5, 0.6) is 0 Å². The predicted octanol–water partition coefficient (Wildman–Crippen LogP) is 1.71. The number of aryl methyl sites for hydroxylation is 1. The molecular formula is C16H17N7O2S2. The number of aromatic nitrogens is 6. The molecule has 1 fully saturated rings. The van der Waals surface area contributed by atoms with Crippen LogP contribution in [0.3, 0.4) is 0 Å². The molecule has 0 amide bonds. The maximum atomic E-state index is 13.0. The zero-order valence-corrected chi connectivity index (χ0v) is 16.2. The summed E-state index contributed by atoms with van der Waals surface area (Å²) < 4.78 is 30.8. The van der Waals surface area contributed by atoms with Gasteiger partial charge in [-0.05, 0) is 31.4 Å². The number of fused-ring (bicyclic) bond motifs is 2. The molecule has 5 rings (SSSR count). The van der Waals surface area contributed by atoms with E-state index in [0.717, 1.165) is 29.7 Å². The van der Waals surface area contributed by atoms with Crippen LogP contribution >= 0.6 is 11.3 Å². The fourth-order valence-electron chi connectivity index (χ4n) is 3.67. The monoisotopic (exact) mass is 403 g/mol. The number of hydrogen-bond acceptors (Lipinski definition) is 7. The second-order valence-electron chi connectivity index (χ2n) is 6.65. The first-order valence-corrected chi connectivity index (χ1v) is 10.9. The van der Waals surface area contributed by atoms with Crippen LogP contribution in [0.4, 0.5) is 0 Å². The Labute approximate surface area is 159 Å². The Morgan fingerprint density at radius 1 is 1.22 bits per heavy atom.